The molecule has 0 spiro atoms. The lowest BCUT2D eigenvalue weighted by Crippen LogP contribution is -2.08. The van der Waals surface area contributed by atoms with Crippen molar-refractivity contribution in [3.05, 3.63) is 11.8 Å². The van der Waals surface area contributed by atoms with E-state index in [1.165, 1.54) is 12.8 Å². The summed E-state index contributed by atoms with van der Waals surface area (Å²) < 4.78 is 5.55. The lowest BCUT2D eigenvalue weighted by Gasteiger charge is -2.03. The van der Waals surface area contributed by atoms with Crippen LogP contribution in [0.1, 0.15) is 56.9 Å². The van der Waals surface area contributed by atoms with E-state index in [1.807, 2.05) is 6.92 Å². The van der Waals surface area contributed by atoms with Crippen LogP contribution in [0.5, 0.6) is 0 Å². The third-order valence-corrected chi connectivity index (χ3v) is 2.93. The van der Waals surface area contributed by atoms with Gasteiger partial charge in [0.2, 0.25) is 11.8 Å². The Labute approximate surface area is 83.9 Å². The molecule has 4 nitrogen and oxygen atoms in total. The third-order valence-electron chi connectivity index (χ3n) is 2.93. The molecule has 1 saturated carbocycles. The number of rotatable bonds is 4. The first-order valence-electron chi connectivity index (χ1n) is 5.31. The number of hydrogen-bond donors (Lipinski definition) is 1. The van der Waals surface area contributed by atoms with Crippen LogP contribution in [0.15, 0.2) is 4.42 Å². The Balaban J connectivity index is 2.08. The maximum Gasteiger partial charge on any atom is 0.233 e. The molecule has 4 heteroatoms. The first kappa shape index (κ1) is 9.65. The highest BCUT2D eigenvalue weighted by molar-refractivity contribution is 4.98. The summed E-state index contributed by atoms with van der Waals surface area (Å²) in [5.41, 5.74) is 5.80. The fourth-order valence-electron chi connectivity index (χ4n) is 1.55. The summed E-state index contributed by atoms with van der Waals surface area (Å²) in [4.78, 5) is 0. The van der Waals surface area contributed by atoms with Crippen molar-refractivity contribution in [1.29, 1.82) is 0 Å². The predicted molar refractivity (Wildman–Crippen MR) is 52.7 cm³/mol. The minimum atomic E-state index is -0.109. The molecule has 1 aliphatic carbocycles. The monoisotopic (exact) mass is 195 g/mol. The summed E-state index contributed by atoms with van der Waals surface area (Å²) in [7, 11) is 0. The number of nitrogens with zero attached hydrogens (tertiary/aromatic N) is 2. The molecule has 1 fully saturated rings. The van der Waals surface area contributed by atoms with E-state index in [9.17, 15) is 0 Å². The molecule has 14 heavy (non-hydrogen) atoms. The molecular weight excluding hydrogens is 178 g/mol. The third kappa shape index (κ3) is 1.80. The first-order chi connectivity index (χ1) is 6.72. The highest BCUT2D eigenvalue weighted by Gasteiger charge is 2.32. The Morgan fingerprint density at radius 2 is 2.07 bits per heavy atom. The smallest absolute Gasteiger partial charge is 0.233 e. The number of nitrogens with two attached hydrogens (primary N) is 1. The van der Waals surface area contributed by atoms with Gasteiger partial charge in [0.25, 0.3) is 0 Å². The van der Waals surface area contributed by atoms with Crippen molar-refractivity contribution in [2.24, 2.45) is 11.7 Å². The van der Waals surface area contributed by atoms with Crippen molar-refractivity contribution in [1.82, 2.24) is 10.2 Å². The van der Waals surface area contributed by atoms with Crippen LogP contribution in [0, 0.1) is 5.92 Å². The van der Waals surface area contributed by atoms with Gasteiger partial charge >= 0.3 is 0 Å². The summed E-state index contributed by atoms with van der Waals surface area (Å²) in [5.74, 6) is 2.49. The highest BCUT2D eigenvalue weighted by Crippen LogP contribution is 2.41. The van der Waals surface area contributed by atoms with Gasteiger partial charge in [-0.2, -0.15) is 0 Å². The first-order valence-corrected chi connectivity index (χ1v) is 5.31. The van der Waals surface area contributed by atoms with E-state index < -0.39 is 0 Å². The van der Waals surface area contributed by atoms with E-state index in [4.69, 9.17) is 10.2 Å². The normalized spacial score (nSPS) is 20.8. The van der Waals surface area contributed by atoms with E-state index in [0.29, 0.717) is 11.8 Å². The fraction of sp³-hybridized carbons (Fsp3) is 0.800. The van der Waals surface area contributed by atoms with Gasteiger partial charge in [-0.15, -0.1) is 10.2 Å². The summed E-state index contributed by atoms with van der Waals surface area (Å²) >= 11 is 0. The molecule has 1 aliphatic rings. The van der Waals surface area contributed by atoms with Gasteiger partial charge in [0.1, 0.15) is 0 Å². The van der Waals surface area contributed by atoms with Crippen LogP contribution in [-0.2, 0) is 0 Å². The van der Waals surface area contributed by atoms with Gasteiger partial charge in [-0.1, -0.05) is 13.8 Å². The van der Waals surface area contributed by atoms with Crippen LogP contribution in [-0.4, -0.2) is 10.2 Å². The second-order valence-corrected chi connectivity index (χ2v) is 4.12. The van der Waals surface area contributed by atoms with Crippen molar-refractivity contribution in [3.63, 3.8) is 0 Å². The van der Waals surface area contributed by atoms with Gasteiger partial charge in [-0.25, -0.2) is 0 Å². The molecule has 2 atom stereocenters. The summed E-state index contributed by atoms with van der Waals surface area (Å²) in [6, 6.07) is -0.109. The van der Waals surface area contributed by atoms with Gasteiger partial charge in [-0.3, -0.25) is 0 Å². The molecule has 2 rings (SSSR count). The molecule has 0 amide bonds. The van der Waals surface area contributed by atoms with Crippen molar-refractivity contribution in [3.8, 4) is 0 Å². The summed E-state index contributed by atoms with van der Waals surface area (Å²) in [5, 5.41) is 8.03. The van der Waals surface area contributed by atoms with E-state index in [1.54, 1.807) is 0 Å². The van der Waals surface area contributed by atoms with Crippen LogP contribution < -0.4 is 5.73 Å². The topological polar surface area (TPSA) is 64.9 Å². The minimum Gasteiger partial charge on any atom is -0.423 e. The molecule has 78 valence electrons. The lowest BCUT2D eigenvalue weighted by atomic mass is 10.1. The molecule has 0 aromatic carbocycles. The Hall–Kier alpha value is -0.900. The molecule has 1 heterocycles. The zero-order valence-electron chi connectivity index (χ0n) is 8.73. The molecule has 0 radical (unpaired) electrons. The van der Waals surface area contributed by atoms with Gasteiger partial charge in [0, 0.05) is 5.92 Å². The predicted octanol–water partition coefficient (Wildman–Crippen LogP) is 1.99. The Morgan fingerprint density at radius 1 is 1.43 bits per heavy atom. The molecular formula is C10H17N3O. The van der Waals surface area contributed by atoms with Crippen LogP contribution in [0.25, 0.3) is 0 Å². The standard InChI is InChI=1S/C10H17N3O/c1-3-8(11)10-13-12-9(14-10)6(2)7-4-5-7/h6-8H,3-5,11H2,1-2H3. The van der Waals surface area contributed by atoms with Crippen molar-refractivity contribution >= 4 is 0 Å². The zero-order valence-corrected chi connectivity index (χ0v) is 8.73. The molecule has 2 unspecified atom stereocenters. The maximum atomic E-state index is 5.80. The maximum absolute atomic E-state index is 5.80. The van der Waals surface area contributed by atoms with E-state index in [2.05, 4.69) is 17.1 Å². The largest absolute Gasteiger partial charge is 0.423 e. The average molecular weight is 195 g/mol. The van der Waals surface area contributed by atoms with Gasteiger partial charge in [0.15, 0.2) is 0 Å². The van der Waals surface area contributed by atoms with Gasteiger partial charge in [-0.05, 0) is 25.2 Å². The molecule has 1 aromatic heterocycles. The van der Waals surface area contributed by atoms with Gasteiger partial charge in [0.05, 0.1) is 6.04 Å². The second-order valence-electron chi connectivity index (χ2n) is 4.12. The second kappa shape index (κ2) is 3.69. The quantitative estimate of drug-likeness (QED) is 0.798. The van der Waals surface area contributed by atoms with E-state index in [-0.39, 0.29) is 6.04 Å². The number of hydrogen-bond acceptors (Lipinski definition) is 4. The fourth-order valence-corrected chi connectivity index (χ4v) is 1.55. The van der Waals surface area contributed by atoms with Crippen LogP contribution in [0.3, 0.4) is 0 Å². The molecule has 0 aliphatic heterocycles. The number of aromatic nitrogens is 2. The van der Waals surface area contributed by atoms with Crippen molar-refractivity contribution < 1.29 is 4.42 Å². The van der Waals surface area contributed by atoms with Crippen LogP contribution in [0.2, 0.25) is 0 Å². The van der Waals surface area contributed by atoms with Crippen molar-refractivity contribution in [2.75, 3.05) is 0 Å². The Morgan fingerprint density at radius 3 is 2.64 bits per heavy atom. The molecule has 0 saturated heterocycles. The van der Waals surface area contributed by atoms with Crippen LogP contribution >= 0.6 is 0 Å². The van der Waals surface area contributed by atoms with E-state index >= 15 is 0 Å². The van der Waals surface area contributed by atoms with E-state index in [0.717, 1.165) is 18.2 Å². The minimum absolute atomic E-state index is 0.109. The molecule has 1 aromatic rings. The lowest BCUT2D eigenvalue weighted by molar-refractivity contribution is 0.383. The highest BCUT2D eigenvalue weighted by atomic mass is 16.4. The summed E-state index contributed by atoms with van der Waals surface area (Å²) in [6.07, 6.45) is 3.41. The zero-order chi connectivity index (χ0) is 10.1. The molecule has 2 N–H and O–H groups in total. The summed E-state index contributed by atoms with van der Waals surface area (Å²) in [6.45, 7) is 4.16. The van der Waals surface area contributed by atoms with Crippen molar-refractivity contribution in [2.45, 2.75) is 45.1 Å². The Bertz CT molecular complexity index is 306. The SMILES string of the molecule is CCC(N)c1nnc(C(C)C2CC2)o1. The molecule has 0 bridgehead atoms. The van der Waals surface area contributed by atoms with Gasteiger partial charge < -0.3 is 10.2 Å². The average Bonchev–Trinajstić information content (AvgIpc) is 2.93. The Kier molecular flexibility index (Phi) is 2.54. The van der Waals surface area contributed by atoms with Crippen LogP contribution in [0.4, 0.5) is 0 Å².